The second kappa shape index (κ2) is 11.8. The molecule has 0 radical (unpaired) electrons. The number of hydroxylamine groups is 1. The normalized spacial score (nSPS) is 11.5. The molecule has 34 heavy (non-hydrogen) atoms. The number of nitrogens with one attached hydrogen (secondary N) is 2. The number of hydrogen-bond acceptors (Lipinski definition) is 5. The molecule has 0 saturated carbocycles. The van der Waals surface area contributed by atoms with Crippen molar-refractivity contribution in [1.29, 1.82) is 0 Å². The first kappa shape index (κ1) is 23.2. The minimum Gasteiger partial charge on any atom is -0.489 e. The van der Waals surface area contributed by atoms with Gasteiger partial charge in [0.15, 0.2) is 0 Å². The van der Waals surface area contributed by atoms with Crippen LogP contribution in [0, 0.1) is 0 Å². The predicted octanol–water partition coefficient (Wildman–Crippen LogP) is 4.30. The standard InChI is InChI=1S/C27H28N4O3/c32-27(30-33)24-11-9-21(10-12-24)17-22(18-28-13-4-15-31-16-14-29-20-31)19-34-26-8-3-6-23-5-1-2-7-25(23)26/h1-3,5-12,14,16-17,20,28,33H,4,13,15,18-19H2,(H,30,32)/b22-17-. The Labute approximate surface area is 198 Å². The largest absolute Gasteiger partial charge is 0.489 e. The molecule has 0 unspecified atom stereocenters. The zero-order valence-electron chi connectivity index (χ0n) is 18.9. The first-order valence-electron chi connectivity index (χ1n) is 11.2. The van der Waals surface area contributed by atoms with Crippen LogP contribution in [-0.4, -0.2) is 40.4 Å². The van der Waals surface area contributed by atoms with Crippen molar-refractivity contribution in [2.24, 2.45) is 0 Å². The molecule has 4 rings (SSSR count). The molecule has 0 aliphatic heterocycles. The number of ether oxygens (including phenoxy) is 1. The molecule has 0 atom stereocenters. The lowest BCUT2D eigenvalue weighted by Gasteiger charge is -2.14. The molecule has 0 aliphatic carbocycles. The topological polar surface area (TPSA) is 88.4 Å². The van der Waals surface area contributed by atoms with E-state index >= 15 is 0 Å². The number of nitrogens with zero attached hydrogens (tertiary/aromatic N) is 2. The van der Waals surface area contributed by atoms with Crippen LogP contribution in [0.5, 0.6) is 5.75 Å². The molecule has 1 amide bonds. The highest BCUT2D eigenvalue weighted by Crippen LogP contribution is 2.25. The second-order valence-corrected chi connectivity index (χ2v) is 7.96. The quantitative estimate of drug-likeness (QED) is 0.178. The number of aromatic nitrogens is 2. The van der Waals surface area contributed by atoms with E-state index in [9.17, 15) is 4.79 Å². The van der Waals surface area contributed by atoms with Crippen molar-refractivity contribution in [3.8, 4) is 5.75 Å². The van der Waals surface area contributed by atoms with Gasteiger partial charge in [0.1, 0.15) is 12.4 Å². The van der Waals surface area contributed by atoms with E-state index in [2.05, 4.69) is 39.1 Å². The molecule has 1 aromatic heterocycles. The van der Waals surface area contributed by atoms with Crippen LogP contribution in [0.25, 0.3) is 16.8 Å². The highest BCUT2D eigenvalue weighted by atomic mass is 16.5. The zero-order valence-corrected chi connectivity index (χ0v) is 18.9. The number of carbonyl (C=O) groups is 1. The van der Waals surface area contributed by atoms with Crippen LogP contribution in [0.3, 0.4) is 0 Å². The fourth-order valence-electron chi connectivity index (χ4n) is 3.72. The maximum absolute atomic E-state index is 11.6. The highest BCUT2D eigenvalue weighted by Gasteiger charge is 2.06. The predicted molar refractivity (Wildman–Crippen MR) is 133 cm³/mol. The van der Waals surface area contributed by atoms with Crippen LogP contribution < -0.4 is 15.5 Å². The molecule has 1 heterocycles. The van der Waals surface area contributed by atoms with E-state index < -0.39 is 5.91 Å². The van der Waals surface area contributed by atoms with Crippen molar-refractivity contribution < 1.29 is 14.7 Å². The molecule has 0 bridgehead atoms. The van der Waals surface area contributed by atoms with Gasteiger partial charge in [-0.1, -0.05) is 54.6 Å². The summed E-state index contributed by atoms with van der Waals surface area (Å²) in [6, 6.07) is 21.3. The van der Waals surface area contributed by atoms with Crippen molar-refractivity contribution in [2.45, 2.75) is 13.0 Å². The van der Waals surface area contributed by atoms with Gasteiger partial charge in [0, 0.05) is 36.4 Å². The number of benzene rings is 3. The van der Waals surface area contributed by atoms with Gasteiger partial charge in [-0.3, -0.25) is 10.0 Å². The average molecular weight is 457 g/mol. The first-order valence-corrected chi connectivity index (χ1v) is 11.2. The third-order valence-electron chi connectivity index (χ3n) is 5.49. The van der Waals surface area contributed by atoms with Gasteiger partial charge in [-0.2, -0.15) is 0 Å². The minimum absolute atomic E-state index is 0.394. The molecule has 7 nitrogen and oxygen atoms in total. The molecule has 0 spiro atoms. The number of hydrogen-bond donors (Lipinski definition) is 3. The Kier molecular flexibility index (Phi) is 8.05. The van der Waals surface area contributed by atoms with Gasteiger partial charge in [-0.05, 0) is 47.7 Å². The summed E-state index contributed by atoms with van der Waals surface area (Å²) < 4.78 is 8.29. The second-order valence-electron chi connectivity index (χ2n) is 7.96. The lowest BCUT2D eigenvalue weighted by molar-refractivity contribution is 0.0706. The molecule has 0 aliphatic rings. The third kappa shape index (κ3) is 6.31. The van der Waals surface area contributed by atoms with Gasteiger partial charge in [0.25, 0.3) is 5.91 Å². The van der Waals surface area contributed by atoms with E-state index in [0.29, 0.717) is 18.7 Å². The fraction of sp³-hybridized carbons (Fsp3) is 0.185. The van der Waals surface area contributed by atoms with Crippen LogP contribution >= 0.6 is 0 Å². The van der Waals surface area contributed by atoms with Gasteiger partial charge in [-0.15, -0.1) is 0 Å². The van der Waals surface area contributed by atoms with Gasteiger partial charge in [0.05, 0.1) is 6.33 Å². The molecular weight excluding hydrogens is 428 g/mol. The van der Waals surface area contributed by atoms with E-state index in [-0.39, 0.29) is 0 Å². The molecule has 0 saturated heterocycles. The van der Waals surface area contributed by atoms with Crippen LogP contribution in [-0.2, 0) is 6.54 Å². The Balaban J connectivity index is 1.43. The van der Waals surface area contributed by atoms with Gasteiger partial charge in [0.2, 0.25) is 0 Å². The molecular formula is C27H28N4O3. The van der Waals surface area contributed by atoms with Crippen LogP contribution in [0.15, 0.2) is 91.0 Å². The molecule has 3 aromatic carbocycles. The van der Waals surface area contributed by atoms with Crippen molar-refractivity contribution in [1.82, 2.24) is 20.3 Å². The zero-order chi connectivity index (χ0) is 23.6. The van der Waals surface area contributed by atoms with Crippen LogP contribution in [0.4, 0.5) is 0 Å². The SMILES string of the molecule is O=C(NO)c1ccc(/C=C(/CNCCCn2ccnc2)COc2cccc3ccccc23)cc1. The summed E-state index contributed by atoms with van der Waals surface area (Å²) in [5.74, 6) is 0.314. The smallest absolute Gasteiger partial charge is 0.274 e. The Hall–Kier alpha value is -3.94. The van der Waals surface area contributed by atoms with E-state index in [0.717, 1.165) is 47.2 Å². The van der Waals surface area contributed by atoms with E-state index in [1.807, 2.05) is 48.9 Å². The first-order chi connectivity index (χ1) is 16.7. The van der Waals surface area contributed by atoms with E-state index in [1.54, 1.807) is 23.8 Å². The summed E-state index contributed by atoms with van der Waals surface area (Å²) in [4.78, 5) is 15.7. The van der Waals surface area contributed by atoms with Crippen LogP contribution in [0.1, 0.15) is 22.3 Å². The lowest BCUT2D eigenvalue weighted by Crippen LogP contribution is -2.22. The Morgan fingerprint density at radius 1 is 1.06 bits per heavy atom. The molecule has 0 fully saturated rings. The number of rotatable bonds is 11. The lowest BCUT2D eigenvalue weighted by atomic mass is 10.1. The monoisotopic (exact) mass is 456 g/mol. The molecule has 7 heteroatoms. The third-order valence-corrected chi connectivity index (χ3v) is 5.49. The molecule has 4 aromatic rings. The number of aryl methyl sites for hydroxylation is 1. The van der Waals surface area contributed by atoms with Crippen molar-refractivity contribution >= 4 is 22.8 Å². The van der Waals surface area contributed by atoms with Crippen molar-refractivity contribution in [2.75, 3.05) is 19.7 Å². The fourth-order valence-corrected chi connectivity index (χ4v) is 3.72. The summed E-state index contributed by atoms with van der Waals surface area (Å²) in [6.45, 7) is 2.88. The summed E-state index contributed by atoms with van der Waals surface area (Å²) in [5.41, 5.74) is 4.08. The highest BCUT2D eigenvalue weighted by molar-refractivity contribution is 5.93. The summed E-state index contributed by atoms with van der Waals surface area (Å²) >= 11 is 0. The summed E-state index contributed by atoms with van der Waals surface area (Å²) in [6.07, 6.45) is 8.62. The molecule has 174 valence electrons. The number of imidazole rings is 1. The summed E-state index contributed by atoms with van der Waals surface area (Å²) in [7, 11) is 0. The maximum Gasteiger partial charge on any atom is 0.274 e. The number of amides is 1. The van der Waals surface area contributed by atoms with Crippen molar-refractivity contribution in [3.05, 3.63) is 102 Å². The van der Waals surface area contributed by atoms with Crippen molar-refractivity contribution in [3.63, 3.8) is 0 Å². The Morgan fingerprint density at radius 3 is 2.68 bits per heavy atom. The molecule has 3 N–H and O–H groups in total. The van der Waals surface area contributed by atoms with E-state index in [4.69, 9.17) is 9.94 Å². The van der Waals surface area contributed by atoms with Gasteiger partial charge in [-0.25, -0.2) is 10.5 Å². The average Bonchev–Trinajstić information content (AvgIpc) is 3.40. The Morgan fingerprint density at radius 2 is 1.88 bits per heavy atom. The summed E-state index contributed by atoms with van der Waals surface area (Å²) in [5, 5.41) is 14.5. The van der Waals surface area contributed by atoms with E-state index in [1.165, 1.54) is 0 Å². The van der Waals surface area contributed by atoms with Crippen LogP contribution in [0.2, 0.25) is 0 Å². The Bertz CT molecular complexity index is 1230. The van der Waals surface area contributed by atoms with Gasteiger partial charge < -0.3 is 14.6 Å². The number of carbonyl (C=O) groups excluding carboxylic acids is 1. The minimum atomic E-state index is -0.533. The van der Waals surface area contributed by atoms with Gasteiger partial charge >= 0.3 is 0 Å². The maximum atomic E-state index is 11.6. The number of fused-ring (bicyclic) bond motifs is 1.